The van der Waals surface area contributed by atoms with Gasteiger partial charge in [-0.15, -0.1) is 0 Å². The lowest BCUT2D eigenvalue weighted by atomic mass is 9.76. The van der Waals surface area contributed by atoms with Crippen LogP contribution in [0, 0.1) is 11.8 Å². The van der Waals surface area contributed by atoms with Crippen molar-refractivity contribution in [3.05, 3.63) is 0 Å². The molecule has 3 nitrogen and oxygen atoms in total. The summed E-state index contributed by atoms with van der Waals surface area (Å²) >= 11 is 0. The van der Waals surface area contributed by atoms with Crippen LogP contribution < -0.4 is 0 Å². The second-order valence-corrected chi connectivity index (χ2v) is 3.77. The fraction of sp³-hybridized carbons (Fsp3) is 0.800. The third-order valence-corrected chi connectivity index (χ3v) is 2.79. The molecule has 0 radical (unpaired) electrons. The second-order valence-electron chi connectivity index (χ2n) is 3.77. The zero-order chi connectivity index (χ0) is 9.84. The Labute approximate surface area is 78.1 Å². The molecular formula is C10H16O3. The monoisotopic (exact) mass is 184 g/mol. The van der Waals surface area contributed by atoms with Crippen LogP contribution in [-0.2, 0) is 9.59 Å². The first-order valence-corrected chi connectivity index (χ1v) is 4.89. The Morgan fingerprint density at radius 2 is 2.31 bits per heavy atom. The standard InChI is InChI=1S/C10H16O3/c1-2-3-7-4-5-8(11)6-9(7)10(12)13/h7,9H,2-6H2,1H3,(H,12,13). The van der Waals surface area contributed by atoms with Crippen molar-refractivity contribution in [1.29, 1.82) is 0 Å². The number of rotatable bonds is 3. The van der Waals surface area contributed by atoms with E-state index in [0.29, 0.717) is 6.42 Å². The SMILES string of the molecule is CCCC1CCC(=O)CC1C(=O)O. The highest BCUT2D eigenvalue weighted by Gasteiger charge is 2.33. The van der Waals surface area contributed by atoms with Gasteiger partial charge in [0, 0.05) is 12.8 Å². The van der Waals surface area contributed by atoms with E-state index in [1.807, 2.05) is 0 Å². The van der Waals surface area contributed by atoms with E-state index in [0.717, 1.165) is 19.3 Å². The van der Waals surface area contributed by atoms with E-state index in [9.17, 15) is 9.59 Å². The maximum Gasteiger partial charge on any atom is 0.307 e. The van der Waals surface area contributed by atoms with Gasteiger partial charge in [-0.2, -0.15) is 0 Å². The molecule has 2 unspecified atom stereocenters. The summed E-state index contributed by atoms with van der Waals surface area (Å²) in [6, 6.07) is 0. The van der Waals surface area contributed by atoms with E-state index in [4.69, 9.17) is 5.11 Å². The Hall–Kier alpha value is -0.860. The number of hydrogen-bond donors (Lipinski definition) is 1. The second kappa shape index (κ2) is 4.40. The Bertz CT molecular complexity index is 210. The molecule has 1 rings (SSSR count). The molecule has 13 heavy (non-hydrogen) atoms. The highest BCUT2D eigenvalue weighted by atomic mass is 16.4. The highest BCUT2D eigenvalue weighted by molar-refractivity contribution is 5.85. The lowest BCUT2D eigenvalue weighted by molar-refractivity contribution is -0.147. The van der Waals surface area contributed by atoms with Crippen LogP contribution in [0.2, 0.25) is 0 Å². The molecule has 3 heteroatoms. The minimum absolute atomic E-state index is 0.111. The lowest BCUT2D eigenvalue weighted by Gasteiger charge is -2.27. The molecule has 0 bridgehead atoms. The molecule has 0 spiro atoms. The van der Waals surface area contributed by atoms with Gasteiger partial charge in [0.2, 0.25) is 0 Å². The van der Waals surface area contributed by atoms with Crippen LogP contribution in [0.15, 0.2) is 0 Å². The molecule has 1 aliphatic rings. The van der Waals surface area contributed by atoms with Gasteiger partial charge in [-0.05, 0) is 18.8 Å². The van der Waals surface area contributed by atoms with Gasteiger partial charge in [-0.3, -0.25) is 9.59 Å². The Balaban J connectivity index is 2.60. The summed E-state index contributed by atoms with van der Waals surface area (Å²) in [5.41, 5.74) is 0. The molecule has 1 aliphatic carbocycles. The first-order valence-electron chi connectivity index (χ1n) is 4.89. The maximum atomic E-state index is 11.1. The molecule has 0 aromatic rings. The van der Waals surface area contributed by atoms with E-state index in [-0.39, 0.29) is 18.1 Å². The predicted molar refractivity (Wildman–Crippen MR) is 48.4 cm³/mol. The summed E-state index contributed by atoms with van der Waals surface area (Å²) in [6.45, 7) is 2.05. The normalized spacial score (nSPS) is 28.8. The van der Waals surface area contributed by atoms with Crippen molar-refractivity contribution in [3.8, 4) is 0 Å². The molecule has 0 aromatic carbocycles. The van der Waals surface area contributed by atoms with Gasteiger partial charge in [-0.25, -0.2) is 0 Å². The van der Waals surface area contributed by atoms with Crippen LogP contribution in [0.4, 0.5) is 0 Å². The van der Waals surface area contributed by atoms with Crippen molar-refractivity contribution in [2.75, 3.05) is 0 Å². The van der Waals surface area contributed by atoms with Crippen LogP contribution in [-0.4, -0.2) is 16.9 Å². The average molecular weight is 184 g/mol. The molecule has 1 saturated carbocycles. The van der Waals surface area contributed by atoms with Crippen molar-refractivity contribution in [1.82, 2.24) is 0 Å². The zero-order valence-corrected chi connectivity index (χ0v) is 7.95. The molecule has 0 aliphatic heterocycles. The van der Waals surface area contributed by atoms with Gasteiger partial charge >= 0.3 is 5.97 Å². The van der Waals surface area contributed by atoms with Crippen LogP contribution in [0.25, 0.3) is 0 Å². The lowest BCUT2D eigenvalue weighted by Crippen LogP contribution is -2.30. The molecule has 0 heterocycles. The van der Waals surface area contributed by atoms with Crippen LogP contribution in [0.5, 0.6) is 0 Å². The predicted octanol–water partition coefficient (Wildman–Crippen LogP) is 1.86. The summed E-state index contributed by atoms with van der Waals surface area (Å²) in [7, 11) is 0. The van der Waals surface area contributed by atoms with Gasteiger partial charge in [0.1, 0.15) is 5.78 Å². The van der Waals surface area contributed by atoms with Crippen molar-refractivity contribution < 1.29 is 14.7 Å². The minimum Gasteiger partial charge on any atom is -0.481 e. The van der Waals surface area contributed by atoms with Crippen LogP contribution in [0.1, 0.15) is 39.0 Å². The van der Waals surface area contributed by atoms with Crippen molar-refractivity contribution in [3.63, 3.8) is 0 Å². The molecule has 74 valence electrons. The van der Waals surface area contributed by atoms with Crippen LogP contribution in [0.3, 0.4) is 0 Å². The number of carboxylic acids is 1. The Kier molecular flexibility index (Phi) is 3.46. The maximum absolute atomic E-state index is 11.1. The van der Waals surface area contributed by atoms with Gasteiger partial charge in [0.15, 0.2) is 0 Å². The van der Waals surface area contributed by atoms with E-state index in [1.54, 1.807) is 0 Å². The molecule has 0 amide bonds. The zero-order valence-electron chi connectivity index (χ0n) is 7.95. The number of ketones is 1. The highest BCUT2D eigenvalue weighted by Crippen LogP contribution is 2.31. The third kappa shape index (κ3) is 2.54. The number of hydrogen-bond acceptors (Lipinski definition) is 2. The largest absolute Gasteiger partial charge is 0.481 e. The summed E-state index contributed by atoms with van der Waals surface area (Å²) < 4.78 is 0. The van der Waals surface area contributed by atoms with Crippen molar-refractivity contribution >= 4 is 11.8 Å². The van der Waals surface area contributed by atoms with Crippen molar-refractivity contribution in [2.24, 2.45) is 11.8 Å². The molecule has 2 atom stereocenters. The Morgan fingerprint density at radius 3 is 2.85 bits per heavy atom. The fourth-order valence-corrected chi connectivity index (χ4v) is 2.07. The van der Waals surface area contributed by atoms with Gasteiger partial charge in [-0.1, -0.05) is 13.3 Å². The fourth-order valence-electron chi connectivity index (χ4n) is 2.07. The van der Waals surface area contributed by atoms with Gasteiger partial charge in [0.25, 0.3) is 0 Å². The number of carboxylic acid groups (broad SMARTS) is 1. The average Bonchev–Trinajstić information content (AvgIpc) is 2.08. The van der Waals surface area contributed by atoms with Crippen molar-refractivity contribution in [2.45, 2.75) is 39.0 Å². The first-order chi connectivity index (χ1) is 6.15. The van der Waals surface area contributed by atoms with Crippen LogP contribution >= 0.6 is 0 Å². The van der Waals surface area contributed by atoms with Gasteiger partial charge in [0.05, 0.1) is 5.92 Å². The molecule has 0 aromatic heterocycles. The minimum atomic E-state index is -0.800. The quantitative estimate of drug-likeness (QED) is 0.728. The molecule has 0 saturated heterocycles. The Morgan fingerprint density at radius 1 is 1.62 bits per heavy atom. The van der Waals surface area contributed by atoms with E-state index in [2.05, 4.69) is 6.92 Å². The number of carbonyl (C=O) groups is 2. The molecule has 1 N–H and O–H groups in total. The third-order valence-electron chi connectivity index (χ3n) is 2.79. The van der Waals surface area contributed by atoms with Gasteiger partial charge < -0.3 is 5.11 Å². The number of carbonyl (C=O) groups excluding carboxylic acids is 1. The topological polar surface area (TPSA) is 54.4 Å². The van der Waals surface area contributed by atoms with E-state index < -0.39 is 11.9 Å². The number of Topliss-reactive ketones (excluding diaryl/α,β-unsaturated/α-hetero) is 1. The number of aliphatic carboxylic acids is 1. The van der Waals surface area contributed by atoms with E-state index >= 15 is 0 Å². The molecular weight excluding hydrogens is 168 g/mol. The summed E-state index contributed by atoms with van der Waals surface area (Å²) in [4.78, 5) is 21.9. The first kappa shape index (κ1) is 10.2. The summed E-state index contributed by atoms with van der Waals surface area (Å²) in [5.74, 6) is -0.882. The summed E-state index contributed by atoms with van der Waals surface area (Å²) in [6.07, 6.45) is 3.53. The smallest absolute Gasteiger partial charge is 0.307 e. The summed E-state index contributed by atoms with van der Waals surface area (Å²) in [5, 5.41) is 8.90. The van der Waals surface area contributed by atoms with E-state index in [1.165, 1.54) is 0 Å². The molecule has 1 fully saturated rings.